The summed E-state index contributed by atoms with van der Waals surface area (Å²) in [6, 6.07) is 9.24. The maximum atomic E-state index is 12.8. The van der Waals surface area contributed by atoms with Crippen molar-refractivity contribution in [2.24, 2.45) is 4.99 Å². The van der Waals surface area contributed by atoms with E-state index in [9.17, 15) is 9.59 Å². The van der Waals surface area contributed by atoms with Crippen LogP contribution in [0.2, 0.25) is 0 Å². The van der Waals surface area contributed by atoms with Gasteiger partial charge in [-0.3, -0.25) is 9.59 Å². The number of fused-ring (bicyclic) bond motifs is 2. The van der Waals surface area contributed by atoms with Gasteiger partial charge in [0.1, 0.15) is 6.54 Å². The highest BCUT2D eigenvalue weighted by Crippen LogP contribution is 2.37. The van der Waals surface area contributed by atoms with Gasteiger partial charge in [-0.25, -0.2) is 0 Å². The first-order valence-corrected chi connectivity index (χ1v) is 10.0. The second-order valence-corrected chi connectivity index (χ2v) is 7.69. The molecular weight excluding hydrogens is 392 g/mol. The zero-order valence-electron chi connectivity index (χ0n) is 16.4. The van der Waals surface area contributed by atoms with E-state index in [1.165, 1.54) is 11.3 Å². The minimum Gasteiger partial charge on any atom is -0.465 e. The SMILES string of the molecule is CCOC(=O)Cn1c(=NC(=O)c2ccc(C)cc2C)sc2cc3c(cc21)OCO3. The molecule has 2 heterocycles. The lowest BCUT2D eigenvalue weighted by Crippen LogP contribution is -2.23. The molecule has 7 nitrogen and oxygen atoms in total. The van der Waals surface area contributed by atoms with Crippen LogP contribution in [-0.2, 0) is 16.1 Å². The van der Waals surface area contributed by atoms with Gasteiger partial charge in [-0.15, -0.1) is 0 Å². The van der Waals surface area contributed by atoms with E-state index < -0.39 is 5.97 Å². The summed E-state index contributed by atoms with van der Waals surface area (Å²) in [5.74, 6) is 0.478. The molecule has 0 bridgehead atoms. The van der Waals surface area contributed by atoms with Crippen molar-refractivity contribution in [3.63, 3.8) is 0 Å². The van der Waals surface area contributed by atoms with Crippen LogP contribution in [0.5, 0.6) is 11.5 Å². The van der Waals surface area contributed by atoms with E-state index in [1.807, 2.05) is 32.0 Å². The third-order valence-electron chi connectivity index (χ3n) is 4.58. The fourth-order valence-corrected chi connectivity index (χ4v) is 4.27. The number of amides is 1. The number of hydrogen-bond acceptors (Lipinski definition) is 6. The normalized spacial score (nSPS) is 13.1. The molecule has 0 aliphatic carbocycles. The Bertz CT molecular complexity index is 1190. The molecule has 8 heteroatoms. The van der Waals surface area contributed by atoms with E-state index in [-0.39, 0.29) is 25.9 Å². The Labute approximate surface area is 171 Å². The van der Waals surface area contributed by atoms with Crippen LogP contribution < -0.4 is 14.3 Å². The maximum Gasteiger partial charge on any atom is 0.326 e. The van der Waals surface area contributed by atoms with Crippen molar-refractivity contribution < 1.29 is 23.8 Å². The number of carbonyl (C=O) groups is 2. The summed E-state index contributed by atoms with van der Waals surface area (Å²) in [6.45, 7) is 6.00. The Balaban J connectivity index is 1.84. The van der Waals surface area contributed by atoms with E-state index in [4.69, 9.17) is 14.2 Å². The molecule has 0 radical (unpaired) electrons. The lowest BCUT2D eigenvalue weighted by molar-refractivity contribution is -0.143. The number of ether oxygens (including phenoxy) is 3. The van der Waals surface area contributed by atoms with Gasteiger partial charge in [0.25, 0.3) is 5.91 Å². The summed E-state index contributed by atoms with van der Waals surface area (Å²) >= 11 is 1.31. The second-order valence-electron chi connectivity index (χ2n) is 6.68. The number of aryl methyl sites for hydroxylation is 2. The molecule has 2 aromatic carbocycles. The molecule has 0 saturated carbocycles. The number of benzene rings is 2. The van der Waals surface area contributed by atoms with Crippen LogP contribution >= 0.6 is 11.3 Å². The molecule has 1 aliphatic rings. The monoisotopic (exact) mass is 412 g/mol. The van der Waals surface area contributed by atoms with E-state index in [0.29, 0.717) is 21.9 Å². The van der Waals surface area contributed by atoms with Crippen LogP contribution in [0.25, 0.3) is 10.2 Å². The number of thiazole rings is 1. The Hall–Kier alpha value is -3.13. The number of esters is 1. The number of nitrogens with zero attached hydrogens (tertiary/aromatic N) is 2. The smallest absolute Gasteiger partial charge is 0.326 e. The molecule has 1 amide bonds. The van der Waals surface area contributed by atoms with E-state index >= 15 is 0 Å². The van der Waals surface area contributed by atoms with Gasteiger partial charge in [0.05, 0.1) is 16.8 Å². The van der Waals surface area contributed by atoms with Crippen LogP contribution in [0, 0.1) is 13.8 Å². The summed E-state index contributed by atoms with van der Waals surface area (Å²) in [6.07, 6.45) is 0. The maximum absolute atomic E-state index is 12.8. The lowest BCUT2D eigenvalue weighted by Gasteiger charge is -2.06. The number of carbonyl (C=O) groups excluding carboxylic acids is 2. The number of rotatable bonds is 4. The molecule has 0 spiro atoms. The second kappa shape index (κ2) is 7.71. The van der Waals surface area contributed by atoms with Crippen molar-refractivity contribution in [1.82, 2.24) is 4.57 Å². The first-order chi connectivity index (χ1) is 14.0. The Morgan fingerprint density at radius 2 is 1.93 bits per heavy atom. The first kappa shape index (κ1) is 19.2. The number of hydrogen-bond donors (Lipinski definition) is 0. The van der Waals surface area contributed by atoms with E-state index in [0.717, 1.165) is 21.3 Å². The van der Waals surface area contributed by atoms with Crippen molar-refractivity contribution in [3.05, 3.63) is 51.8 Å². The largest absolute Gasteiger partial charge is 0.465 e. The van der Waals surface area contributed by atoms with Gasteiger partial charge in [0, 0.05) is 17.7 Å². The number of aromatic nitrogens is 1. The van der Waals surface area contributed by atoms with Crippen LogP contribution in [0.4, 0.5) is 0 Å². The van der Waals surface area contributed by atoms with Gasteiger partial charge in [0.15, 0.2) is 16.3 Å². The predicted octanol–water partition coefficient (Wildman–Crippen LogP) is 3.35. The standard InChI is InChI=1S/C21H20N2O5S/c1-4-26-19(24)10-23-15-8-16-17(28-11-27-16)9-18(15)29-21(23)22-20(25)14-6-5-12(2)7-13(14)3/h5-9H,4,10-11H2,1-3H3. The zero-order valence-corrected chi connectivity index (χ0v) is 17.2. The van der Waals surface area contributed by atoms with Gasteiger partial charge < -0.3 is 18.8 Å². The van der Waals surface area contributed by atoms with Crippen LogP contribution in [-0.4, -0.2) is 29.8 Å². The molecule has 0 unspecified atom stereocenters. The third kappa shape index (κ3) is 3.75. The van der Waals surface area contributed by atoms with Crippen molar-refractivity contribution >= 4 is 33.4 Å². The van der Waals surface area contributed by atoms with Gasteiger partial charge in [-0.2, -0.15) is 4.99 Å². The van der Waals surface area contributed by atoms with Crippen LogP contribution in [0.3, 0.4) is 0 Å². The minimum atomic E-state index is -0.398. The topological polar surface area (TPSA) is 79.1 Å². The van der Waals surface area contributed by atoms with Crippen molar-refractivity contribution in [2.75, 3.05) is 13.4 Å². The first-order valence-electron chi connectivity index (χ1n) is 9.21. The van der Waals surface area contributed by atoms with Crippen molar-refractivity contribution in [2.45, 2.75) is 27.3 Å². The summed E-state index contributed by atoms with van der Waals surface area (Å²) in [7, 11) is 0. The summed E-state index contributed by atoms with van der Waals surface area (Å²) in [5, 5.41) is 0. The minimum absolute atomic E-state index is 0.0491. The highest BCUT2D eigenvalue weighted by molar-refractivity contribution is 7.16. The van der Waals surface area contributed by atoms with Crippen LogP contribution in [0.15, 0.2) is 35.3 Å². The molecule has 0 atom stereocenters. The molecule has 1 aromatic heterocycles. The fraction of sp³-hybridized carbons (Fsp3) is 0.286. The molecule has 1 aliphatic heterocycles. The Morgan fingerprint density at radius 1 is 1.17 bits per heavy atom. The molecule has 0 saturated heterocycles. The van der Waals surface area contributed by atoms with Gasteiger partial charge in [-0.05, 0) is 32.4 Å². The molecule has 3 aromatic rings. The molecule has 0 fully saturated rings. The molecule has 4 rings (SSSR count). The van der Waals surface area contributed by atoms with Crippen molar-refractivity contribution in [3.8, 4) is 11.5 Å². The Kier molecular flexibility index (Phi) is 5.10. The van der Waals surface area contributed by atoms with E-state index in [1.54, 1.807) is 23.6 Å². The lowest BCUT2D eigenvalue weighted by atomic mass is 10.1. The highest BCUT2D eigenvalue weighted by atomic mass is 32.1. The average molecular weight is 412 g/mol. The van der Waals surface area contributed by atoms with Gasteiger partial charge in [-0.1, -0.05) is 29.0 Å². The predicted molar refractivity (Wildman–Crippen MR) is 108 cm³/mol. The fourth-order valence-electron chi connectivity index (χ4n) is 3.23. The average Bonchev–Trinajstić information content (AvgIpc) is 3.24. The van der Waals surface area contributed by atoms with Gasteiger partial charge >= 0.3 is 5.97 Å². The van der Waals surface area contributed by atoms with Crippen LogP contribution in [0.1, 0.15) is 28.4 Å². The van der Waals surface area contributed by atoms with Gasteiger partial charge in [0.2, 0.25) is 6.79 Å². The molecular formula is C21H20N2O5S. The summed E-state index contributed by atoms with van der Waals surface area (Å²) < 4.78 is 18.5. The molecule has 29 heavy (non-hydrogen) atoms. The highest BCUT2D eigenvalue weighted by Gasteiger charge is 2.19. The molecule has 0 N–H and O–H groups in total. The zero-order chi connectivity index (χ0) is 20.5. The van der Waals surface area contributed by atoms with E-state index in [2.05, 4.69) is 4.99 Å². The quantitative estimate of drug-likeness (QED) is 0.614. The Morgan fingerprint density at radius 3 is 2.66 bits per heavy atom. The summed E-state index contributed by atoms with van der Waals surface area (Å²) in [4.78, 5) is 29.8. The summed E-state index contributed by atoms with van der Waals surface area (Å²) in [5.41, 5.74) is 3.20. The molecule has 150 valence electrons. The van der Waals surface area contributed by atoms with Crippen molar-refractivity contribution in [1.29, 1.82) is 0 Å². The third-order valence-corrected chi connectivity index (χ3v) is 5.62.